The Hall–Kier alpha value is -1.30. The average Bonchev–Trinajstić information content (AvgIpc) is 2.75. The van der Waals surface area contributed by atoms with Crippen LogP contribution in [0.2, 0.25) is 0 Å². The molecule has 0 aromatic carbocycles. The standard InChI is InChI=1S/C10H13N3/c1-8(2)13-6-3-9(12-13)10(7-11)4-5-10/h3,6,8H,4-5H2,1-2H3. The number of nitrogens with zero attached hydrogens (tertiary/aromatic N) is 3. The van der Waals surface area contributed by atoms with E-state index < -0.39 is 0 Å². The molecule has 0 spiro atoms. The fourth-order valence-electron chi connectivity index (χ4n) is 1.43. The maximum atomic E-state index is 8.96. The highest BCUT2D eigenvalue weighted by Gasteiger charge is 2.47. The maximum Gasteiger partial charge on any atom is 0.101 e. The van der Waals surface area contributed by atoms with E-state index in [4.69, 9.17) is 5.26 Å². The van der Waals surface area contributed by atoms with E-state index in [0.29, 0.717) is 6.04 Å². The number of hydrogen-bond acceptors (Lipinski definition) is 2. The van der Waals surface area contributed by atoms with Gasteiger partial charge in [-0.25, -0.2) is 0 Å². The Balaban J connectivity index is 2.29. The second-order valence-electron chi connectivity index (χ2n) is 3.97. The Morgan fingerprint density at radius 2 is 2.31 bits per heavy atom. The van der Waals surface area contributed by atoms with Gasteiger partial charge in [0.25, 0.3) is 0 Å². The summed E-state index contributed by atoms with van der Waals surface area (Å²) in [7, 11) is 0. The molecule has 1 aliphatic carbocycles. The van der Waals surface area contributed by atoms with Crippen molar-refractivity contribution in [2.24, 2.45) is 0 Å². The Bertz CT molecular complexity index is 352. The molecule has 0 saturated heterocycles. The van der Waals surface area contributed by atoms with Crippen molar-refractivity contribution in [3.8, 4) is 6.07 Å². The topological polar surface area (TPSA) is 41.6 Å². The van der Waals surface area contributed by atoms with Crippen molar-refractivity contribution >= 4 is 0 Å². The minimum absolute atomic E-state index is 0.236. The van der Waals surface area contributed by atoms with Crippen molar-refractivity contribution in [3.05, 3.63) is 18.0 Å². The molecule has 1 heterocycles. The number of nitriles is 1. The van der Waals surface area contributed by atoms with Gasteiger partial charge in [-0.2, -0.15) is 10.4 Å². The molecule has 0 bridgehead atoms. The van der Waals surface area contributed by atoms with Crippen molar-refractivity contribution in [1.29, 1.82) is 5.26 Å². The smallest absolute Gasteiger partial charge is 0.101 e. The minimum atomic E-state index is -0.236. The van der Waals surface area contributed by atoms with E-state index in [1.54, 1.807) is 0 Å². The number of rotatable bonds is 2. The fourth-order valence-corrected chi connectivity index (χ4v) is 1.43. The van der Waals surface area contributed by atoms with Crippen molar-refractivity contribution in [2.45, 2.75) is 38.1 Å². The van der Waals surface area contributed by atoms with Gasteiger partial charge in [-0.05, 0) is 32.8 Å². The van der Waals surface area contributed by atoms with Crippen LogP contribution < -0.4 is 0 Å². The third kappa shape index (κ3) is 1.23. The van der Waals surface area contributed by atoms with E-state index in [1.807, 2.05) is 16.9 Å². The zero-order chi connectivity index (χ0) is 9.47. The van der Waals surface area contributed by atoms with Gasteiger partial charge in [0.05, 0.1) is 11.8 Å². The summed E-state index contributed by atoms with van der Waals surface area (Å²) >= 11 is 0. The lowest BCUT2D eigenvalue weighted by atomic mass is 10.1. The monoisotopic (exact) mass is 175 g/mol. The Morgan fingerprint density at radius 1 is 1.62 bits per heavy atom. The van der Waals surface area contributed by atoms with Crippen LogP contribution in [0.15, 0.2) is 12.3 Å². The molecule has 0 amide bonds. The van der Waals surface area contributed by atoms with Gasteiger partial charge in [-0.1, -0.05) is 0 Å². The summed E-state index contributed by atoms with van der Waals surface area (Å²) in [5.74, 6) is 0. The molecule has 13 heavy (non-hydrogen) atoms. The molecule has 0 unspecified atom stereocenters. The first-order valence-electron chi connectivity index (χ1n) is 4.65. The fraction of sp³-hybridized carbons (Fsp3) is 0.600. The molecule has 1 aromatic heterocycles. The van der Waals surface area contributed by atoms with Crippen LogP contribution in [0.25, 0.3) is 0 Å². The number of hydrogen-bond donors (Lipinski definition) is 0. The molecule has 1 aliphatic rings. The molecule has 3 heteroatoms. The summed E-state index contributed by atoms with van der Waals surface area (Å²) in [6, 6.07) is 4.69. The van der Waals surface area contributed by atoms with E-state index in [2.05, 4.69) is 25.0 Å². The van der Waals surface area contributed by atoms with Gasteiger partial charge in [0.2, 0.25) is 0 Å². The van der Waals surface area contributed by atoms with Crippen LogP contribution in [0.1, 0.15) is 38.4 Å². The second kappa shape index (κ2) is 2.59. The Kier molecular flexibility index (Phi) is 1.66. The van der Waals surface area contributed by atoms with Gasteiger partial charge in [0.1, 0.15) is 5.41 Å². The van der Waals surface area contributed by atoms with Gasteiger partial charge >= 0.3 is 0 Å². The molecule has 68 valence electrons. The summed E-state index contributed by atoms with van der Waals surface area (Å²) < 4.78 is 1.91. The minimum Gasteiger partial charge on any atom is -0.270 e. The van der Waals surface area contributed by atoms with Crippen LogP contribution in [-0.2, 0) is 5.41 Å². The molecule has 3 nitrogen and oxygen atoms in total. The summed E-state index contributed by atoms with van der Waals surface area (Å²) in [5, 5.41) is 13.4. The Labute approximate surface area is 78.0 Å². The predicted octanol–water partition coefficient (Wildman–Crippen LogP) is 2.02. The Morgan fingerprint density at radius 3 is 2.69 bits per heavy atom. The van der Waals surface area contributed by atoms with Gasteiger partial charge in [0.15, 0.2) is 0 Å². The largest absolute Gasteiger partial charge is 0.270 e. The molecule has 0 atom stereocenters. The summed E-state index contributed by atoms with van der Waals surface area (Å²) in [6.45, 7) is 4.17. The first kappa shape index (κ1) is 8.31. The molecular formula is C10H13N3. The van der Waals surface area contributed by atoms with Gasteiger partial charge in [-0.15, -0.1) is 0 Å². The predicted molar refractivity (Wildman–Crippen MR) is 49.1 cm³/mol. The summed E-state index contributed by atoms with van der Waals surface area (Å²) in [5.41, 5.74) is 0.712. The van der Waals surface area contributed by atoms with Crippen LogP contribution in [0.4, 0.5) is 0 Å². The molecule has 0 aliphatic heterocycles. The zero-order valence-electron chi connectivity index (χ0n) is 7.99. The van der Waals surface area contributed by atoms with E-state index in [0.717, 1.165) is 18.5 Å². The molecular weight excluding hydrogens is 162 g/mol. The summed E-state index contributed by atoms with van der Waals surface area (Å²) in [4.78, 5) is 0. The third-order valence-corrected chi connectivity index (χ3v) is 2.59. The van der Waals surface area contributed by atoms with Crippen LogP contribution >= 0.6 is 0 Å². The normalized spacial score (nSPS) is 18.6. The van der Waals surface area contributed by atoms with E-state index in [-0.39, 0.29) is 5.41 Å². The zero-order valence-corrected chi connectivity index (χ0v) is 7.99. The quantitative estimate of drug-likeness (QED) is 0.690. The van der Waals surface area contributed by atoms with Crippen LogP contribution in [-0.4, -0.2) is 9.78 Å². The van der Waals surface area contributed by atoms with Gasteiger partial charge < -0.3 is 0 Å². The highest BCUT2D eigenvalue weighted by atomic mass is 15.3. The lowest BCUT2D eigenvalue weighted by molar-refractivity contribution is 0.523. The van der Waals surface area contributed by atoms with Gasteiger partial charge in [0, 0.05) is 12.2 Å². The van der Waals surface area contributed by atoms with E-state index in [1.165, 1.54) is 0 Å². The van der Waals surface area contributed by atoms with Crippen LogP contribution in [0.5, 0.6) is 0 Å². The third-order valence-electron chi connectivity index (χ3n) is 2.59. The van der Waals surface area contributed by atoms with Crippen molar-refractivity contribution in [2.75, 3.05) is 0 Å². The highest BCUT2D eigenvalue weighted by Crippen LogP contribution is 2.46. The van der Waals surface area contributed by atoms with Crippen LogP contribution in [0.3, 0.4) is 0 Å². The molecule has 0 radical (unpaired) electrons. The van der Waals surface area contributed by atoms with Crippen molar-refractivity contribution in [1.82, 2.24) is 9.78 Å². The lowest BCUT2D eigenvalue weighted by Gasteiger charge is -2.04. The molecule has 2 rings (SSSR count). The summed E-state index contributed by atoms with van der Waals surface area (Å²) in [6.07, 6.45) is 3.90. The molecule has 1 saturated carbocycles. The highest BCUT2D eigenvalue weighted by molar-refractivity contribution is 5.32. The number of aromatic nitrogens is 2. The average molecular weight is 175 g/mol. The van der Waals surface area contributed by atoms with Crippen LogP contribution in [0, 0.1) is 11.3 Å². The molecule has 1 aromatic rings. The van der Waals surface area contributed by atoms with Crippen molar-refractivity contribution < 1.29 is 0 Å². The lowest BCUT2D eigenvalue weighted by Crippen LogP contribution is -2.07. The maximum absolute atomic E-state index is 8.96. The first-order valence-corrected chi connectivity index (χ1v) is 4.65. The van der Waals surface area contributed by atoms with Gasteiger partial charge in [-0.3, -0.25) is 4.68 Å². The SMILES string of the molecule is CC(C)n1ccc(C2(C#N)CC2)n1. The molecule has 0 N–H and O–H groups in total. The first-order chi connectivity index (χ1) is 6.18. The second-order valence-corrected chi connectivity index (χ2v) is 3.97. The van der Waals surface area contributed by atoms with E-state index in [9.17, 15) is 0 Å². The van der Waals surface area contributed by atoms with Crippen molar-refractivity contribution in [3.63, 3.8) is 0 Å². The molecule has 1 fully saturated rings. The van der Waals surface area contributed by atoms with E-state index >= 15 is 0 Å².